The van der Waals surface area contributed by atoms with E-state index in [9.17, 15) is 13.2 Å². The molecule has 0 saturated carbocycles. The Kier molecular flexibility index (Phi) is 5.69. The minimum absolute atomic E-state index is 0.0532. The molecule has 1 aliphatic heterocycles. The molecule has 0 bridgehead atoms. The van der Waals surface area contributed by atoms with E-state index in [0.717, 1.165) is 16.1 Å². The Hall–Kier alpha value is -1.84. The largest absolute Gasteiger partial charge is 0.300 e. The van der Waals surface area contributed by atoms with Crippen molar-refractivity contribution < 1.29 is 13.2 Å². The van der Waals surface area contributed by atoms with Gasteiger partial charge >= 0.3 is 0 Å². The molecule has 0 radical (unpaired) electrons. The summed E-state index contributed by atoms with van der Waals surface area (Å²) < 4.78 is 25.5. The monoisotopic (exact) mass is 394 g/mol. The standard InChI is InChI=1S/C17H22N4O3S2/c1-3-26(23,24)21-10-4-5-14(11-21)15(22)18-17-20-19-16(25-17)13-8-6-12(2)7-9-13/h6-9,14H,3-5,10-11H2,1-2H3,(H,18,20,22)/t14-/m0/s1. The number of hydrogen-bond donors (Lipinski definition) is 1. The van der Waals surface area contributed by atoms with Crippen LogP contribution in [0.15, 0.2) is 24.3 Å². The average Bonchev–Trinajstić information content (AvgIpc) is 3.11. The van der Waals surface area contributed by atoms with E-state index in [1.165, 1.54) is 15.6 Å². The van der Waals surface area contributed by atoms with Gasteiger partial charge in [-0.1, -0.05) is 41.2 Å². The van der Waals surface area contributed by atoms with Crippen molar-refractivity contribution in [2.45, 2.75) is 26.7 Å². The highest BCUT2D eigenvalue weighted by Crippen LogP contribution is 2.27. The summed E-state index contributed by atoms with van der Waals surface area (Å²) in [6, 6.07) is 7.94. The van der Waals surface area contributed by atoms with Gasteiger partial charge in [0.15, 0.2) is 0 Å². The molecule has 0 spiro atoms. The molecule has 3 rings (SSSR count). The molecule has 1 aromatic carbocycles. The lowest BCUT2D eigenvalue weighted by molar-refractivity contribution is -0.120. The van der Waals surface area contributed by atoms with Crippen LogP contribution < -0.4 is 5.32 Å². The van der Waals surface area contributed by atoms with Gasteiger partial charge in [-0.2, -0.15) is 0 Å². The summed E-state index contributed by atoms with van der Waals surface area (Å²) in [5.41, 5.74) is 2.11. The molecule has 1 fully saturated rings. The summed E-state index contributed by atoms with van der Waals surface area (Å²) in [5, 5.41) is 12.1. The molecule has 0 unspecified atom stereocenters. The first-order chi connectivity index (χ1) is 12.4. The molecule has 1 saturated heterocycles. The van der Waals surface area contributed by atoms with Crippen LogP contribution in [-0.2, 0) is 14.8 Å². The van der Waals surface area contributed by atoms with Gasteiger partial charge < -0.3 is 5.32 Å². The van der Waals surface area contributed by atoms with Crippen LogP contribution in [0.25, 0.3) is 10.6 Å². The summed E-state index contributed by atoms with van der Waals surface area (Å²) in [4.78, 5) is 12.5. The van der Waals surface area contributed by atoms with Gasteiger partial charge in [-0.25, -0.2) is 12.7 Å². The van der Waals surface area contributed by atoms with Gasteiger partial charge in [0.05, 0.1) is 11.7 Å². The SMILES string of the molecule is CCS(=O)(=O)N1CCC[C@H](C(=O)Nc2nnc(-c3ccc(C)cc3)s2)C1. The first kappa shape index (κ1) is 18.9. The van der Waals surface area contributed by atoms with E-state index in [2.05, 4.69) is 15.5 Å². The summed E-state index contributed by atoms with van der Waals surface area (Å²) in [6.45, 7) is 4.34. The predicted octanol–water partition coefficient (Wildman–Crippen LogP) is 2.51. The van der Waals surface area contributed by atoms with Crippen molar-refractivity contribution in [2.75, 3.05) is 24.2 Å². The second-order valence-electron chi connectivity index (χ2n) is 6.37. The Morgan fingerprint density at radius 1 is 1.31 bits per heavy atom. The zero-order chi connectivity index (χ0) is 18.7. The quantitative estimate of drug-likeness (QED) is 0.841. The third-order valence-corrected chi connectivity index (χ3v) is 7.20. The summed E-state index contributed by atoms with van der Waals surface area (Å²) in [5.74, 6) is -0.512. The molecular formula is C17H22N4O3S2. The molecule has 140 valence electrons. The highest BCUT2D eigenvalue weighted by Gasteiger charge is 2.31. The molecule has 1 amide bonds. The lowest BCUT2D eigenvalue weighted by Crippen LogP contribution is -2.44. The van der Waals surface area contributed by atoms with E-state index >= 15 is 0 Å². The maximum atomic E-state index is 12.5. The maximum Gasteiger partial charge on any atom is 0.230 e. The minimum Gasteiger partial charge on any atom is -0.300 e. The fourth-order valence-corrected chi connectivity index (χ4v) is 4.82. The number of aromatic nitrogens is 2. The first-order valence-electron chi connectivity index (χ1n) is 8.58. The number of amides is 1. The third kappa shape index (κ3) is 4.28. The number of rotatable bonds is 5. The zero-order valence-electron chi connectivity index (χ0n) is 14.8. The number of piperidine rings is 1. The Morgan fingerprint density at radius 3 is 2.73 bits per heavy atom. The first-order valence-corrected chi connectivity index (χ1v) is 11.0. The van der Waals surface area contributed by atoms with E-state index in [0.29, 0.717) is 24.5 Å². The number of hydrogen-bond acceptors (Lipinski definition) is 6. The molecule has 0 aliphatic carbocycles. The van der Waals surface area contributed by atoms with E-state index in [4.69, 9.17) is 0 Å². The molecule has 1 aliphatic rings. The van der Waals surface area contributed by atoms with Crippen LogP contribution in [0.3, 0.4) is 0 Å². The van der Waals surface area contributed by atoms with Gasteiger partial charge in [-0.15, -0.1) is 10.2 Å². The lowest BCUT2D eigenvalue weighted by atomic mass is 9.99. The number of aryl methyl sites for hydroxylation is 1. The third-order valence-electron chi connectivity index (χ3n) is 4.47. The second kappa shape index (κ2) is 7.81. The van der Waals surface area contributed by atoms with Crippen LogP contribution in [0.2, 0.25) is 0 Å². The topological polar surface area (TPSA) is 92.3 Å². The van der Waals surface area contributed by atoms with Crippen LogP contribution in [0, 0.1) is 12.8 Å². The molecule has 1 N–H and O–H groups in total. The average molecular weight is 395 g/mol. The minimum atomic E-state index is -3.27. The fraction of sp³-hybridized carbons (Fsp3) is 0.471. The highest BCUT2D eigenvalue weighted by molar-refractivity contribution is 7.89. The molecule has 2 aromatic rings. The number of sulfonamides is 1. The zero-order valence-corrected chi connectivity index (χ0v) is 16.4. The predicted molar refractivity (Wildman–Crippen MR) is 102 cm³/mol. The van der Waals surface area contributed by atoms with Gasteiger partial charge in [0, 0.05) is 18.7 Å². The Bertz CT molecular complexity index is 878. The van der Waals surface area contributed by atoms with Gasteiger partial charge in [0.1, 0.15) is 5.01 Å². The number of nitrogens with one attached hydrogen (secondary N) is 1. The Morgan fingerprint density at radius 2 is 2.04 bits per heavy atom. The maximum absolute atomic E-state index is 12.5. The van der Waals surface area contributed by atoms with Crippen molar-refractivity contribution >= 4 is 32.4 Å². The Labute approximate surface area is 157 Å². The number of carbonyl (C=O) groups excluding carboxylic acids is 1. The van der Waals surface area contributed by atoms with Gasteiger partial charge in [-0.3, -0.25) is 4.79 Å². The number of benzene rings is 1. The summed E-state index contributed by atoms with van der Waals surface area (Å²) >= 11 is 1.31. The van der Waals surface area contributed by atoms with Gasteiger partial charge in [-0.05, 0) is 26.7 Å². The van der Waals surface area contributed by atoms with Crippen molar-refractivity contribution in [3.8, 4) is 10.6 Å². The van der Waals surface area contributed by atoms with E-state index in [1.807, 2.05) is 31.2 Å². The molecule has 1 atom stereocenters. The Balaban J connectivity index is 1.66. The lowest BCUT2D eigenvalue weighted by Gasteiger charge is -2.30. The van der Waals surface area contributed by atoms with Crippen molar-refractivity contribution in [3.63, 3.8) is 0 Å². The van der Waals surface area contributed by atoms with E-state index in [-0.39, 0.29) is 24.1 Å². The van der Waals surface area contributed by atoms with Gasteiger partial charge in [0.2, 0.25) is 21.1 Å². The van der Waals surface area contributed by atoms with Crippen LogP contribution in [0.5, 0.6) is 0 Å². The van der Waals surface area contributed by atoms with Crippen LogP contribution in [0.4, 0.5) is 5.13 Å². The molecule has 26 heavy (non-hydrogen) atoms. The number of nitrogens with zero attached hydrogens (tertiary/aromatic N) is 3. The normalized spacial score (nSPS) is 18.6. The van der Waals surface area contributed by atoms with Crippen LogP contribution in [0.1, 0.15) is 25.3 Å². The summed E-state index contributed by atoms with van der Waals surface area (Å²) in [7, 11) is -3.27. The summed E-state index contributed by atoms with van der Waals surface area (Å²) in [6.07, 6.45) is 1.35. The fourth-order valence-electron chi connectivity index (χ4n) is 2.89. The van der Waals surface area contributed by atoms with Crippen molar-refractivity contribution in [1.82, 2.24) is 14.5 Å². The van der Waals surface area contributed by atoms with E-state index in [1.54, 1.807) is 6.92 Å². The molecule has 2 heterocycles. The van der Waals surface area contributed by atoms with Crippen molar-refractivity contribution in [1.29, 1.82) is 0 Å². The van der Waals surface area contributed by atoms with Crippen LogP contribution >= 0.6 is 11.3 Å². The smallest absolute Gasteiger partial charge is 0.230 e. The van der Waals surface area contributed by atoms with E-state index < -0.39 is 10.0 Å². The van der Waals surface area contributed by atoms with Gasteiger partial charge in [0.25, 0.3) is 0 Å². The molecule has 7 nitrogen and oxygen atoms in total. The molecular weight excluding hydrogens is 372 g/mol. The van der Waals surface area contributed by atoms with Crippen molar-refractivity contribution in [3.05, 3.63) is 29.8 Å². The number of anilines is 1. The molecule has 9 heteroatoms. The van der Waals surface area contributed by atoms with Crippen molar-refractivity contribution in [2.24, 2.45) is 5.92 Å². The van der Waals surface area contributed by atoms with Crippen LogP contribution in [-0.4, -0.2) is 47.7 Å². The number of carbonyl (C=O) groups is 1. The second-order valence-corrected chi connectivity index (χ2v) is 9.60. The highest BCUT2D eigenvalue weighted by atomic mass is 32.2. The molecule has 1 aromatic heterocycles.